The third-order valence-corrected chi connectivity index (χ3v) is 3.06. The minimum absolute atomic E-state index is 0.491. The fourth-order valence-corrected chi connectivity index (χ4v) is 2.07. The second-order valence-electron chi connectivity index (χ2n) is 4.42. The Hall–Kier alpha value is -1.82. The number of nitrogens with two attached hydrogens (primary N) is 1. The Labute approximate surface area is 106 Å². The fraction of sp³-hybridized carbons (Fsp3) is 0.500. The van der Waals surface area contributed by atoms with Crippen LogP contribution in [0.15, 0.2) is 12.3 Å². The molecular weight excluding hydrogens is 230 g/mol. The summed E-state index contributed by atoms with van der Waals surface area (Å²) < 4.78 is 3.45. The molecule has 2 rings (SSSR count). The van der Waals surface area contributed by atoms with Crippen LogP contribution in [0, 0.1) is 6.92 Å². The molecule has 0 aliphatic carbocycles. The van der Waals surface area contributed by atoms with E-state index in [2.05, 4.69) is 10.2 Å². The number of aromatic nitrogens is 4. The standard InChI is InChI=1S/C12H19N5O/c1-4-17-9(5-8(2)15-17)6-11(18)10-7-14-16(3)12(10)13/h5,7,11,18H,4,6,13H2,1-3H3. The molecule has 2 heterocycles. The summed E-state index contributed by atoms with van der Waals surface area (Å²) in [6.07, 6.45) is 1.45. The lowest BCUT2D eigenvalue weighted by molar-refractivity contribution is 0.176. The average Bonchev–Trinajstić information content (AvgIpc) is 2.84. The van der Waals surface area contributed by atoms with Crippen LogP contribution < -0.4 is 5.73 Å². The Balaban J connectivity index is 2.20. The van der Waals surface area contributed by atoms with Gasteiger partial charge in [-0.1, -0.05) is 0 Å². The highest BCUT2D eigenvalue weighted by Gasteiger charge is 2.17. The maximum atomic E-state index is 10.2. The maximum absolute atomic E-state index is 10.2. The normalized spacial score (nSPS) is 12.9. The van der Waals surface area contributed by atoms with Crippen LogP contribution >= 0.6 is 0 Å². The minimum atomic E-state index is -0.653. The minimum Gasteiger partial charge on any atom is -0.388 e. The van der Waals surface area contributed by atoms with Crippen LogP contribution in [0.25, 0.3) is 0 Å². The lowest BCUT2D eigenvalue weighted by Gasteiger charge is -2.11. The van der Waals surface area contributed by atoms with Gasteiger partial charge in [0.1, 0.15) is 5.82 Å². The van der Waals surface area contributed by atoms with E-state index < -0.39 is 6.10 Å². The number of nitrogen functional groups attached to an aromatic ring is 1. The molecule has 0 saturated heterocycles. The smallest absolute Gasteiger partial charge is 0.127 e. The van der Waals surface area contributed by atoms with Crippen molar-refractivity contribution in [1.82, 2.24) is 19.6 Å². The van der Waals surface area contributed by atoms with E-state index in [1.54, 1.807) is 17.9 Å². The number of aliphatic hydroxyl groups excluding tert-OH is 1. The summed E-state index contributed by atoms with van der Waals surface area (Å²) in [4.78, 5) is 0. The third kappa shape index (κ3) is 2.24. The van der Waals surface area contributed by atoms with E-state index in [1.165, 1.54) is 0 Å². The molecule has 1 atom stereocenters. The fourth-order valence-electron chi connectivity index (χ4n) is 2.07. The number of nitrogens with zero attached hydrogens (tertiary/aromatic N) is 4. The van der Waals surface area contributed by atoms with Gasteiger partial charge in [0.2, 0.25) is 0 Å². The van der Waals surface area contributed by atoms with Crippen molar-refractivity contribution < 1.29 is 5.11 Å². The summed E-state index contributed by atoms with van der Waals surface area (Å²) in [5.74, 6) is 0.502. The summed E-state index contributed by atoms with van der Waals surface area (Å²) in [6.45, 7) is 4.76. The molecule has 0 aliphatic rings. The maximum Gasteiger partial charge on any atom is 0.127 e. The van der Waals surface area contributed by atoms with Gasteiger partial charge in [-0.25, -0.2) is 0 Å². The van der Waals surface area contributed by atoms with Crippen molar-refractivity contribution in [2.45, 2.75) is 32.9 Å². The number of aryl methyl sites for hydroxylation is 3. The molecule has 0 radical (unpaired) electrons. The average molecular weight is 249 g/mol. The van der Waals surface area contributed by atoms with Crippen molar-refractivity contribution in [2.24, 2.45) is 7.05 Å². The number of anilines is 1. The van der Waals surface area contributed by atoms with E-state index in [9.17, 15) is 5.11 Å². The molecular formula is C12H19N5O. The van der Waals surface area contributed by atoms with Gasteiger partial charge in [0, 0.05) is 31.3 Å². The molecule has 0 aromatic carbocycles. The van der Waals surface area contributed by atoms with E-state index in [1.807, 2.05) is 24.6 Å². The molecule has 1 unspecified atom stereocenters. The second kappa shape index (κ2) is 4.81. The first-order valence-electron chi connectivity index (χ1n) is 6.01. The van der Waals surface area contributed by atoms with E-state index in [0.717, 1.165) is 17.9 Å². The Kier molecular flexibility index (Phi) is 3.38. The first-order chi connectivity index (χ1) is 8.52. The zero-order valence-corrected chi connectivity index (χ0v) is 11.0. The number of rotatable bonds is 4. The van der Waals surface area contributed by atoms with Crippen LogP contribution in [-0.2, 0) is 20.0 Å². The highest BCUT2D eigenvalue weighted by molar-refractivity contribution is 5.40. The molecule has 0 fully saturated rings. The van der Waals surface area contributed by atoms with Gasteiger partial charge in [-0.05, 0) is 19.9 Å². The Bertz CT molecular complexity index is 543. The lowest BCUT2D eigenvalue weighted by Crippen LogP contribution is -2.10. The predicted octanol–water partition coefficient (Wildman–Crippen LogP) is 0.803. The van der Waals surface area contributed by atoms with Crippen molar-refractivity contribution in [3.05, 3.63) is 29.2 Å². The van der Waals surface area contributed by atoms with Crippen molar-refractivity contribution in [3.63, 3.8) is 0 Å². The van der Waals surface area contributed by atoms with Crippen LogP contribution in [0.3, 0.4) is 0 Å². The molecule has 18 heavy (non-hydrogen) atoms. The predicted molar refractivity (Wildman–Crippen MR) is 68.9 cm³/mol. The molecule has 0 aliphatic heterocycles. The van der Waals surface area contributed by atoms with Gasteiger partial charge in [-0.15, -0.1) is 0 Å². The Morgan fingerprint density at radius 1 is 1.50 bits per heavy atom. The van der Waals surface area contributed by atoms with Gasteiger partial charge >= 0.3 is 0 Å². The number of hydrogen-bond acceptors (Lipinski definition) is 4. The molecule has 6 heteroatoms. The van der Waals surface area contributed by atoms with E-state index in [-0.39, 0.29) is 0 Å². The topological polar surface area (TPSA) is 81.9 Å². The van der Waals surface area contributed by atoms with Crippen LogP contribution in [0.5, 0.6) is 0 Å². The van der Waals surface area contributed by atoms with E-state index in [4.69, 9.17) is 5.73 Å². The van der Waals surface area contributed by atoms with Crippen LogP contribution in [0.4, 0.5) is 5.82 Å². The van der Waals surface area contributed by atoms with Gasteiger partial charge in [0.15, 0.2) is 0 Å². The van der Waals surface area contributed by atoms with Gasteiger partial charge < -0.3 is 10.8 Å². The Morgan fingerprint density at radius 2 is 2.22 bits per heavy atom. The number of hydrogen-bond donors (Lipinski definition) is 2. The highest BCUT2D eigenvalue weighted by atomic mass is 16.3. The van der Waals surface area contributed by atoms with Gasteiger partial charge in [-0.3, -0.25) is 9.36 Å². The summed E-state index contributed by atoms with van der Waals surface area (Å²) in [6, 6.07) is 1.99. The third-order valence-electron chi connectivity index (χ3n) is 3.06. The number of aliphatic hydroxyl groups is 1. The second-order valence-corrected chi connectivity index (χ2v) is 4.42. The molecule has 0 bridgehead atoms. The molecule has 6 nitrogen and oxygen atoms in total. The summed E-state index contributed by atoms with van der Waals surface area (Å²) in [5, 5.41) is 18.6. The largest absolute Gasteiger partial charge is 0.388 e. The van der Waals surface area contributed by atoms with Crippen LogP contribution in [0.1, 0.15) is 30.0 Å². The molecule has 0 spiro atoms. The lowest BCUT2D eigenvalue weighted by atomic mass is 10.1. The van der Waals surface area contributed by atoms with E-state index >= 15 is 0 Å². The van der Waals surface area contributed by atoms with Gasteiger partial charge in [-0.2, -0.15) is 10.2 Å². The highest BCUT2D eigenvalue weighted by Crippen LogP contribution is 2.23. The van der Waals surface area contributed by atoms with Crippen molar-refractivity contribution in [1.29, 1.82) is 0 Å². The zero-order valence-electron chi connectivity index (χ0n) is 11.0. The van der Waals surface area contributed by atoms with Crippen molar-refractivity contribution in [2.75, 3.05) is 5.73 Å². The summed E-state index contributed by atoms with van der Waals surface area (Å²) in [5.41, 5.74) is 8.48. The van der Waals surface area contributed by atoms with Gasteiger partial charge in [0.25, 0.3) is 0 Å². The van der Waals surface area contributed by atoms with Crippen molar-refractivity contribution in [3.8, 4) is 0 Å². The molecule has 2 aromatic rings. The Morgan fingerprint density at radius 3 is 2.78 bits per heavy atom. The first-order valence-corrected chi connectivity index (χ1v) is 6.01. The van der Waals surface area contributed by atoms with E-state index in [0.29, 0.717) is 17.8 Å². The molecule has 0 amide bonds. The monoisotopic (exact) mass is 249 g/mol. The van der Waals surface area contributed by atoms with Crippen LogP contribution in [-0.4, -0.2) is 24.7 Å². The molecule has 0 saturated carbocycles. The van der Waals surface area contributed by atoms with Crippen molar-refractivity contribution >= 4 is 5.82 Å². The molecule has 2 aromatic heterocycles. The quantitative estimate of drug-likeness (QED) is 0.840. The van der Waals surface area contributed by atoms with Crippen LogP contribution in [0.2, 0.25) is 0 Å². The zero-order chi connectivity index (χ0) is 13.3. The van der Waals surface area contributed by atoms with Gasteiger partial charge in [0.05, 0.1) is 18.0 Å². The molecule has 98 valence electrons. The summed E-state index contributed by atoms with van der Waals surface area (Å²) in [7, 11) is 1.76. The SMILES string of the molecule is CCn1nc(C)cc1CC(O)c1cnn(C)c1N. The first kappa shape index (κ1) is 12.6. The molecule has 3 N–H and O–H groups in total. The summed E-state index contributed by atoms with van der Waals surface area (Å²) >= 11 is 0.